The van der Waals surface area contributed by atoms with E-state index in [4.69, 9.17) is 9.84 Å². The second-order valence-electron chi connectivity index (χ2n) is 4.16. The molecule has 5 nitrogen and oxygen atoms in total. The van der Waals surface area contributed by atoms with Crippen LogP contribution in [0.1, 0.15) is 5.56 Å². The van der Waals surface area contributed by atoms with E-state index in [0.717, 1.165) is 11.3 Å². The monoisotopic (exact) mass is 281 g/mol. The Bertz CT molecular complexity index is 452. The van der Waals surface area contributed by atoms with Crippen molar-refractivity contribution in [2.24, 2.45) is 0 Å². The normalized spacial score (nSPS) is 16.5. The predicted octanol–water partition coefficient (Wildman–Crippen LogP) is 0.924. The highest BCUT2D eigenvalue weighted by atomic mass is 32.2. The Morgan fingerprint density at radius 1 is 1.42 bits per heavy atom. The second-order valence-corrected chi connectivity index (χ2v) is 5.26. The third-order valence-corrected chi connectivity index (χ3v) is 3.65. The molecular weight excluding hydrogens is 266 g/mol. The van der Waals surface area contributed by atoms with Crippen molar-refractivity contribution >= 4 is 23.6 Å². The van der Waals surface area contributed by atoms with Crippen LogP contribution in [0.15, 0.2) is 24.3 Å². The van der Waals surface area contributed by atoms with Gasteiger partial charge in [-0.05, 0) is 11.6 Å². The number of hydrogen-bond donors (Lipinski definition) is 2. The topological polar surface area (TPSA) is 75.6 Å². The zero-order valence-electron chi connectivity index (χ0n) is 10.3. The number of thioether (sulfide) groups is 1. The van der Waals surface area contributed by atoms with E-state index in [-0.39, 0.29) is 11.7 Å². The van der Waals surface area contributed by atoms with Gasteiger partial charge in [0, 0.05) is 18.7 Å². The minimum Gasteiger partial charge on any atom is -0.481 e. The molecule has 19 heavy (non-hydrogen) atoms. The van der Waals surface area contributed by atoms with Crippen LogP contribution in [0, 0.1) is 0 Å². The number of nitrogens with one attached hydrogen (secondary N) is 1. The first-order valence-electron chi connectivity index (χ1n) is 5.98. The third-order valence-electron chi connectivity index (χ3n) is 2.71. The molecule has 1 atom stereocenters. The number of carboxylic acid groups (broad SMARTS) is 1. The van der Waals surface area contributed by atoms with Crippen LogP contribution >= 0.6 is 11.8 Å². The van der Waals surface area contributed by atoms with Crippen LogP contribution in [-0.4, -0.2) is 41.1 Å². The van der Waals surface area contributed by atoms with E-state index in [9.17, 15) is 9.59 Å². The Hall–Kier alpha value is -1.69. The molecule has 0 radical (unpaired) electrons. The van der Waals surface area contributed by atoms with Crippen LogP contribution in [0.4, 0.5) is 0 Å². The van der Waals surface area contributed by atoms with E-state index >= 15 is 0 Å². The summed E-state index contributed by atoms with van der Waals surface area (Å²) in [6.07, 6.45) is 0.117. The number of carbonyl (C=O) groups excluding carboxylic acids is 1. The quantitative estimate of drug-likeness (QED) is 0.759. The molecule has 1 aliphatic heterocycles. The lowest BCUT2D eigenvalue weighted by Crippen LogP contribution is -2.38. The summed E-state index contributed by atoms with van der Waals surface area (Å²) in [7, 11) is 0. The summed E-state index contributed by atoms with van der Waals surface area (Å²) < 4.78 is 5.55. The van der Waals surface area contributed by atoms with Crippen LogP contribution in [-0.2, 0) is 16.0 Å². The molecule has 1 aliphatic rings. The average molecular weight is 281 g/mol. The molecule has 0 saturated heterocycles. The van der Waals surface area contributed by atoms with Crippen LogP contribution in [0.25, 0.3) is 0 Å². The lowest BCUT2D eigenvalue weighted by atomic mass is 10.1. The van der Waals surface area contributed by atoms with E-state index < -0.39 is 12.1 Å². The Labute approximate surface area is 115 Å². The number of rotatable bonds is 6. The van der Waals surface area contributed by atoms with Crippen molar-refractivity contribution in [1.29, 1.82) is 0 Å². The maximum atomic E-state index is 11.8. The van der Waals surface area contributed by atoms with Gasteiger partial charge < -0.3 is 15.2 Å². The Balaban J connectivity index is 1.70. The standard InChI is InChI=1S/C13H15NO4S/c15-12(16)8-19-6-5-14-13(17)11-7-9-3-1-2-4-10(9)18-11/h1-4,11H,5-8H2,(H,14,17)(H,15,16). The maximum Gasteiger partial charge on any atom is 0.313 e. The molecule has 1 heterocycles. The molecule has 0 spiro atoms. The smallest absolute Gasteiger partial charge is 0.313 e. The summed E-state index contributed by atoms with van der Waals surface area (Å²) in [5, 5.41) is 11.2. The molecule has 1 aromatic carbocycles. The van der Waals surface area contributed by atoms with Gasteiger partial charge in [0.1, 0.15) is 5.75 Å². The molecule has 2 rings (SSSR count). The summed E-state index contributed by atoms with van der Waals surface area (Å²) in [5.74, 6) is 0.416. The number of carboxylic acids is 1. The average Bonchev–Trinajstić information content (AvgIpc) is 2.81. The van der Waals surface area contributed by atoms with E-state index in [1.807, 2.05) is 24.3 Å². The third kappa shape index (κ3) is 3.89. The number of para-hydroxylation sites is 1. The van der Waals surface area contributed by atoms with Crippen molar-refractivity contribution in [1.82, 2.24) is 5.32 Å². The SMILES string of the molecule is O=C(O)CSCCNC(=O)C1Cc2ccccc2O1. The first-order valence-corrected chi connectivity index (χ1v) is 7.14. The van der Waals surface area contributed by atoms with Gasteiger partial charge >= 0.3 is 5.97 Å². The molecule has 6 heteroatoms. The number of ether oxygens (including phenoxy) is 1. The molecule has 0 fully saturated rings. The summed E-state index contributed by atoms with van der Waals surface area (Å²) in [5.41, 5.74) is 1.04. The molecule has 0 bridgehead atoms. The number of hydrogen-bond acceptors (Lipinski definition) is 4. The van der Waals surface area contributed by atoms with Gasteiger partial charge in [-0.2, -0.15) is 0 Å². The Morgan fingerprint density at radius 2 is 2.21 bits per heavy atom. The number of amides is 1. The molecule has 1 aromatic rings. The summed E-state index contributed by atoms with van der Waals surface area (Å²) in [4.78, 5) is 22.2. The van der Waals surface area contributed by atoms with Crippen LogP contribution in [0.5, 0.6) is 5.75 Å². The van der Waals surface area contributed by atoms with Gasteiger partial charge in [-0.15, -0.1) is 11.8 Å². The molecule has 102 valence electrons. The van der Waals surface area contributed by atoms with Gasteiger partial charge in [-0.1, -0.05) is 18.2 Å². The molecule has 1 amide bonds. The van der Waals surface area contributed by atoms with Crippen molar-refractivity contribution in [3.63, 3.8) is 0 Å². The van der Waals surface area contributed by atoms with E-state index in [1.165, 1.54) is 11.8 Å². The van der Waals surface area contributed by atoms with E-state index in [2.05, 4.69) is 5.32 Å². The minimum atomic E-state index is -0.842. The van der Waals surface area contributed by atoms with Crippen molar-refractivity contribution < 1.29 is 19.4 Å². The first-order chi connectivity index (χ1) is 9.16. The van der Waals surface area contributed by atoms with Crippen molar-refractivity contribution in [2.45, 2.75) is 12.5 Å². The minimum absolute atomic E-state index is 0.0568. The highest BCUT2D eigenvalue weighted by Gasteiger charge is 2.28. The molecule has 2 N–H and O–H groups in total. The highest BCUT2D eigenvalue weighted by molar-refractivity contribution is 7.99. The predicted molar refractivity (Wildman–Crippen MR) is 72.5 cm³/mol. The molecule has 0 saturated carbocycles. The van der Waals surface area contributed by atoms with Crippen LogP contribution in [0.2, 0.25) is 0 Å². The zero-order valence-corrected chi connectivity index (χ0v) is 11.1. The van der Waals surface area contributed by atoms with E-state index in [1.54, 1.807) is 0 Å². The lowest BCUT2D eigenvalue weighted by Gasteiger charge is -2.10. The Morgan fingerprint density at radius 3 is 2.95 bits per heavy atom. The molecule has 1 unspecified atom stereocenters. The Kier molecular flexibility index (Phi) is 4.68. The van der Waals surface area contributed by atoms with Crippen LogP contribution < -0.4 is 10.1 Å². The van der Waals surface area contributed by atoms with Crippen molar-refractivity contribution in [2.75, 3.05) is 18.1 Å². The van der Waals surface area contributed by atoms with Gasteiger partial charge in [0.15, 0.2) is 6.10 Å². The lowest BCUT2D eigenvalue weighted by molar-refractivity contribution is -0.134. The zero-order chi connectivity index (χ0) is 13.7. The number of carbonyl (C=O) groups is 2. The van der Waals surface area contributed by atoms with Gasteiger partial charge in [0.25, 0.3) is 5.91 Å². The van der Waals surface area contributed by atoms with Gasteiger partial charge in [0.05, 0.1) is 5.75 Å². The fourth-order valence-corrected chi connectivity index (χ4v) is 2.41. The number of fused-ring (bicyclic) bond motifs is 1. The van der Waals surface area contributed by atoms with Gasteiger partial charge in [-0.25, -0.2) is 0 Å². The largest absolute Gasteiger partial charge is 0.481 e. The summed E-state index contributed by atoms with van der Waals surface area (Å²) in [6.45, 7) is 0.451. The second kappa shape index (κ2) is 6.47. The van der Waals surface area contributed by atoms with Crippen molar-refractivity contribution in [3.05, 3.63) is 29.8 Å². The fourth-order valence-electron chi connectivity index (χ4n) is 1.85. The first kappa shape index (κ1) is 13.7. The summed E-state index contributed by atoms with van der Waals surface area (Å²) in [6, 6.07) is 7.60. The number of aliphatic carboxylic acids is 1. The summed E-state index contributed by atoms with van der Waals surface area (Å²) >= 11 is 1.28. The highest BCUT2D eigenvalue weighted by Crippen LogP contribution is 2.27. The maximum absolute atomic E-state index is 11.8. The van der Waals surface area contributed by atoms with Gasteiger partial charge in [0.2, 0.25) is 0 Å². The van der Waals surface area contributed by atoms with Gasteiger partial charge in [-0.3, -0.25) is 9.59 Å². The fraction of sp³-hybridized carbons (Fsp3) is 0.385. The molecule has 0 aromatic heterocycles. The van der Waals surface area contributed by atoms with Crippen molar-refractivity contribution in [3.8, 4) is 5.75 Å². The molecule has 0 aliphatic carbocycles. The number of benzene rings is 1. The molecular formula is C13H15NO4S. The van der Waals surface area contributed by atoms with E-state index in [0.29, 0.717) is 18.7 Å². The van der Waals surface area contributed by atoms with Crippen LogP contribution in [0.3, 0.4) is 0 Å².